The van der Waals surface area contributed by atoms with Crippen molar-refractivity contribution in [1.29, 1.82) is 0 Å². The minimum Gasteiger partial charge on any atom is -0.338 e. The fourth-order valence-electron chi connectivity index (χ4n) is 2.16. The molecular weight excluding hydrogens is 210 g/mol. The fourth-order valence-corrected chi connectivity index (χ4v) is 2.16. The van der Waals surface area contributed by atoms with E-state index in [2.05, 4.69) is 35.9 Å². The van der Waals surface area contributed by atoms with Crippen molar-refractivity contribution in [1.82, 2.24) is 14.9 Å². The van der Waals surface area contributed by atoms with Crippen LogP contribution >= 0.6 is 0 Å². The molecule has 0 saturated heterocycles. The van der Waals surface area contributed by atoms with Crippen LogP contribution in [0.25, 0.3) is 0 Å². The van der Waals surface area contributed by atoms with Crippen LogP contribution in [-0.2, 0) is 13.5 Å². The van der Waals surface area contributed by atoms with Crippen molar-refractivity contribution in [3.05, 3.63) is 18.2 Å². The summed E-state index contributed by atoms with van der Waals surface area (Å²) in [7, 11) is 4.12. The van der Waals surface area contributed by atoms with Gasteiger partial charge < -0.3 is 9.88 Å². The lowest BCUT2D eigenvalue weighted by atomic mass is 10.0. The SMILES string of the molecule is CCCCCCCC(Cc1nccn1C)NC. The molecule has 3 nitrogen and oxygen atoms in total. The summed E-state index contributed by atoms with van der Waals surface area (Å²) < 4.78 is 2.11. The lowest BCUT2D eigenvalue weighted by Crippen LogP contribution is -2.28. The van der Waals surface area contributed by atoms with Crippen LogP contribution in [0.5, 0.6) is 0 Å². The van der Waals surface area contributed by atoms with E-state index >= 15 is 0 Å². The van der Waals surface area contributed by atoms with Gasteiger partial charge in [-0.25, -0.2) is 4.98 Å². The van der Waals surface area contributed by atoms with Crippen LogP contribution < -0.4 is 5.32 Å². The number of nitrogens with zero attached hydrogens (tertiary/aromatic N) is 2. The second kappa shape index (κ2) is 8.29. The number of rotatable bonds is 9. The first-order valence-corrected chi connectivity index (χ1v) is 6.91. The zero-order chi connectivity index (χ0) is 12.5. The molecule has 0 radical (unpaired) electrons. The number of hydrogen-bond acceptors (Lipinski definition) is 2. The van der Waals surface area contributed by atoms with Crippen molar-refractivity contribution >= 4 is 0 Å². The minimum absolute atomic E-state index is 0.567. The Morgan fingerprint density at radius 2 is 2.06 bits per heavy atom. The molecule has 0 saturated carbocycles. The number of aromatic nitrogens is 2. The molecule has 0 bridgehead atoms. The van der Waals surface area contributed by atoms with Crippen molar-refractivity contribution in [3.63, 3.8) is 0 Å². The van der Waals surface area contributed by atoms with Gasteiger partial charge in [0.2, 0.25) is 0 Å². The maximum absolute atomic E-state index is 4.38. The minimum atomic E-state index is 0.567. The third kappa shape index (κ3) is 5.35. The Balaban J connectivity index is 2.22. The van der Waals surface area contributed by atoms with Crippen molar-refractivity contribution < 1.29 is 0 Å². The van der Waals surface area contributed by atoms with E-state index in [1.165, 1.54) is 44.3 Å². The van der Waals surface area contributed by atoms with Crippen molar-refractivity contribution in [2.45, 2.75) is 57.9 Å². The Kier molecular flexibility index (Phi) is 6.94. The van der Waals surface area contributed by atoms with E-state index in [0.717, 1.165) is 6.42 Å². The van der Waals surface area contributed by atoms with Crippen molar-refractivity contribution in [2.75, 3.05) is 7.05 Å². The third-order valence-electron chi connectivity index (χ3n) is 3.41. The fraction of sp³-hybridized carbons (Fsp3) is 0.786. The first-order valence-electron chi connectivity index (χ1n) is 6.91. The number of likely N-dealkylation sites (N-methyl/N-ethyl adjacent to an activating group) is 1. The maximum Gasteiger partial charge on any atom is 0.109 e. The molecule has 3 heteroatoms. The highest BCUT2D eigenvalue weighted by Crippen LogP contribution is 2.10. The van der Waals surface area contributed by atoms with Gasteiger partial charge in [-0.3, -0.25) is 0 Å². The second-order valence-corrected chi connectivity index (χ2v) is 4.85. The topological polar surface area (TPSA) is 29.9 Å². The Hall–Kier alpha value is -0.830. The molecule has 0 amide bonds. The molecule has 1 aromatic rings. The maximum atomic E-state index is 4.38. The van der Waals surface area contributed by atoms with Crippen LogP contribution in [0.15, 0.2) is 12.4 Å². The molecular formula is C14H27N3. The van der Waals surface area contributed by atoms with Crippen LogP contribution in [0.3, 0.4) is 0 Å². The first kappa shape index (κ1) is 14.2. The van der Waals surface area contributed by atoms with Crippen LogP contribution in [0.1, 0.15) is 51.3 Å². The summed E-state index contributed by atoms with van der Waals surface area (Å²) in [5, 5.41) is 3.41. The van der Waals surface area contributed by atoms with Crippen LogP contribution in [0.4, 0.5) is 0 Å². The number of aryl methyl sites for hydroxylation is 1. The predicted octanol–water partition coefficient (Wildman–Crippen LogP) is 2.91. The Morgan fingerprint density at radius 3 is 2.65 bits per heavy atom. The molecule has 0 spiro atoms. The molecule has 0 aliphatic carbocycles. The molecule has 1 heterocycles. The Morgan fingerprint density at radius 1 is 1.29 bits per heavy atom. The molecule has 1 rings (SSSR count). The molecule has 17 heavy (non-hydrogen) atoms. The quantitative estimate of drug-likeness (QED) is 0.669. The van der Waals surface area contributed by atoms with E-state index in [0.29, 0.717) is 6.04 Å². The second-order valence-electron chi connectivity index (χ2n) is 4.85. The summed E-state index contributed by atoms with van der Waals surface area (Å²) in [6, 6.07) is 0.567. The Bertz CT molecular complexity index is 293. The lowest BCUT2D eigenvalue weighted by Gasteiger charge is -2.15. The van der Waals surface area contributed by atoms with Gasteiger partial charge in [0.1, 0.15) is 5.82 Å². The summed E-state index contributed by atoms with van der Waals surface area (Å²) in [5.74, 6) is 1.18. The van der Waals surface area contributed by atoms with Gasteiger partial charge in [0, 0.05) is 31.9 Å². The molecule has 0 fully saturated rings. The van der Waals surface area contributed by atoms with Gasteiger partial charge in [-0.2, -0.15) is 0 Å². The van der Waals surface area contributed by atoms with Crippen molar-refractivity contribution in [2.24, 2.45) is 7.05 Å². The molecule has 0 aliphatic heterocycles. The normalized spacial score (nSPS) is 12.9. The van der Waals surface area contributed by atoms with Crippen LogP contribution in [-0.4, -0.2) is 22.6 Å². The standard InChI is InChI=1S/C14H27N3/c1-4-5-6-7-8-9-13(15-2)12-14-16-10-11-17(14)3/h10-11,13,15H,4-9,12H2,1-3H3. The van der Waals surface area contributed by atoms with Gasteiger partial charge in [-0.15, -0.1) is 0 Å². The highest BCUT2D eigenvalue weighted by Gasteiger charge is 2.09. The lowest BCUT2D eigenvalue weighted by molar-refractivity contribution is 0.470. The highest BCUT2D eigenvalue weighted by molar-refractivity contribution is 4.94. The highest BCUT2D eigenvalue weighted by atomic mass is 15.0. The number of hydrogen-bond donors (Lipinski definition) is 1. The largest absolute Gasteiger partial charge is 0.338 e. The van der Waals surface area contributed by atoms with Gasteiger partial charge in [-0.1, -0.05) is 39.0 Å². The van der Waals surface area contributed by atoms with E-state index in [9.17, 15) is 0 Å². The first-order chi connectivity index (χ1) is 8.27. The summed E-state index contributed by atoms with van der Waals surface area (Å²) >= 11 is 0. The number of unbranched alkanes of at least 4 members (excludes halogenated alkanes) is 4. The molecule has 0 aromatic carbocycles. The van der Waals surface area contributed by atoms with E-state index in [-0.39, 0.29) is 0 Å². The van der Waals surface area contributed by atoms with Gasteiger partial charge in [0.15, 0.2) is 0 Å². The van der Waals surface area contributed by atoms with Gasteiger partial charge in [-0.05, 0) is 13.5 Å². The average Bonchev–Trinajstić information content (AvgIpc) is 2.73. The molecule has 0 aliphatic rings. The Labute approximate surface area is 106 Å². The third-order valence-corrected chi connectivity index (χ3v) is 3.41. The van der Waals surface area contributed by atoms with Gasteiger partial charge in [0.25, 0.3) is 0 Å². The summed E-state index contributed by atoms with van der Waals surface area (Å²) in [5.41, 5.74) is 0. The summed E-state index contributed by atoms with van der Waals surface area (Å²) in [6.45, 7) is 2.26. The van der Waals surface area contributed by atoms with E-state index in [1.807, 2.05) is 12.4 Å². The summed E-state index contributed by atoms with van der Waals surface area (Å²) in [6.07, 6.45) is 13.0. The van der Waals surface area contributed by atoms with E-state index in [4.69, 9.17) is 0 Å². The molecule has 1 unspecified atom stereocenters. The van der Waals surface area contributed by atoms with Crippen LogP contribution in [0, 0.1) is 0 Å². The van der Waals surface area contributed by atoms with Crippen molar-refractivity contribution in [3.8, 4) is 0 Å². The molecule has 1 atom stereocenters. The van der Waals surface area contributed by atoms with Gasteiger partial charge >= 0.3 is 0 Å². The van der Waals surface area contributed by atoms with E-state index < -0.39 is 0 Å². The monoisotopic (exact) mass is 237 g/mol. The molecule has 1 aromatic heterocycles. The van der Waals surface area contributed by atoms with Gasteiger partial charge in [0.05, 0.1) is 0 Å². The zero-order valence-corrected chi connectivity index (χ0v) is 11.6. The average molecular weight is 237 g/mol. The number of imidazole rings is 1. The molecule has 98 valence electrons. The molecule has 1 N–H and O–H groups in total. The van der Waals surface area contributed by atoms with E-state index in [1.54, 1.807) is 0 Å². The predicted molar refractivity (Wildman–Crippen MR) is 73.1 cm³/mol. The zero-order valence-electron chi connectivity index (χ0n) is 11.6. The summed E-state index contributed by atoms with van der Waals surface area (Å²) in [4.78, 5) is 4.38. The number of nitrogens with one attached hydrogen (secondary N) is 1. The smallest absolute Gasteiger partial charge is 0.109 e. The van der Waals surface area contributed by atoms with Crippen LogP contribution in [0.2, 0.25) is 0 Å².